The lowest BCUT2D eigenvalue weighted by atomic mass is 10.0. The van der Waals surface area contributed by atoms with Crippen LogP contribution in [0.2, 0.25) is 0 Å². The molecule has 0 bridgehead atoms. The first kappa shape index (κ1) is 69.8. The summed E-state index contributed by atoms with van der Waals surface area (Å²) in [4.78, 5) is 24.6. The van der Waals surface area contributed by atoms with E-state index in [4.69, 9.17) is 4.74 Å². The Kier molecular flexibility index (Phi) is 59.5. The summed E-state index contributed by atoms with van der Waals surface area (Å²) < 4.78 is 5.47. The molecule has 0 radical (unpaired) electrons. The summed E-state index contributed by atoms with van der Waals surface area (Å²) in [6.45, 7) is 4.88. The highest BCUT2D eigenvalue weighted by molar-refractivity contribution is 5.76. The zero-order valence-electron chi connectivity index (χ0n) is 48.2. The van der Waals surface area contributed by atoms with E-state index in [9.17, 15) is 19.8 Å². The van der Waals surface area contributed by atoms with Crippen molar-refractivity contribution in [2.45, 2.75) is 347 Å². The lowest BCUT2D eigenvalue weighted by Gasteiger charge is -2.20. The van der Waals surface area contributed by atoms with E-state index < -0.39 is 12.1 Å². The van der Waals surface area contributed by atoms with Crippen LogP contribution in [-0.4, -0.2) is 47.4 Å². The molecule has 1 amide bonds. The van der Waals surface area contributed by atoms with Crippen LogP contribution >= 0.6 is 0 Å². The Morgan fingerprint density at radius 1 is 0.389 bits per heavy atom. The minimum atomic E-state index is -0.855. The van der Waals surface area contributed by atoms with E-state index >= 15 is 0 Å². The highest BCUT2D eigenvalue weighted by Crippen LogP contribution is 2.17. The first-order valence-electron chi connectivity index (χ1n) is 31.9. The molecule has 2 atom stereocenters. The second-order valence-corrected chi connectivity index (χ2v) is 21.7. The van der Waals surface area contributed by atoms with Gasteiger partial charge in [-0.15, -0.1) is 0 Å². The van der Waals surface area contributed by atoms with Crippen LogP contribution in [0, 0.1) is 0 Å². The number of hydrogen-bond acceptors (Lipinski definition) is 5. The molecule has 0 heterocycles. The van der Waals surface area contributed by atoms with Gasteiger partial charge in [0, 0.05) is 12.8 Å². The maximum absolute atomic E-state index is 12.5. The average Bonchev–Trinajstić information content (AvgIpc) is 3.38. The number of aliphatic hydroxyl groups is 2. The Morgan fingerprint density at radius 2 is 0.694 bits per heavy atom. The maximum atomic E-state index is 12.5. The normalized spacial score (nSPS) is 12.9. The summed E-state index contributed by atoms with van der Waals surface area (Å²) in [6, 6.07) is -0.639. The monoisotopic (exact) mass is 1010 g/mol. The second kappa shape index (κ2) is 61.4. The molecule has 0 aromatic carbocycles. The van der Waals surface area contributed by atoms with Gasteiger partial charge in [0.05, 0.1) is 25.4 Å². The molecule has 0 spiro atoms. The molecule has 6 nitrogen and oxygen atoms in total. The highest BCUT2D eigenvalue weighted by atomic mass is 16.5. The third kappa shape index (κ3) is 57.1. The number of ether oxygens (including phenoxy) is 1. The van der Waals surface area contributed by atoms with Crippen LogP contribution in [0.15, 0.2) is 48.6 Å². The molecular weight excluding hydrogens is 887 g/mol. The third-order valence-electron chi connectivity index (χ3n) is 14.6. The Hall–Kier alpha value is -2.18. The molecule has 0 aromatic heterocycles. The summed E-state index contributed by atoms with van der Waals surface area (Å²) in [5.74, 6) is -0.0945. The van der Waals surface area contributed by atoms with Crippen molar-refractivity contribution in [3.63, 3.8) is 0 Å². The molecule has 72 heavy (non-hydrogen) atoms. The number of allylic oxidation sites excluding steroid dienone is 7. The summed E-state index contributed by atoms with van der Waals surface area (Å²) >= 11 is 0. The van der Waals surface area contributed by atoms with Crippen LogP contribution in [0.5, 0.6) is 0 Å². The minimum Gasteiger partial charge on any atom is -0.466 e. The number of esters is 1. The van der Waals surface area contributed by atoms with Crippen molar-refractivity contribution in [3.05, 3.63) is 48.6 Å². The molecule has 422 valence electrons. The maximum Gasteiger partial charge on any atom is 0.305 e. The number of carbonyl (C=O) groups is 2. The lowest BCUT2D eigenvalue weighted by Crippen LogP contribution is -2.45. The molecule has 0 rings (SSSR count). The van der Waals surface area contributed by atoms with Gasteiger partial charge in [-0.2, -0.15) is 0 Å². The van der Waals surface area contributed by atoms with Gasteiger partial charge in [0.15, 0.2) is 0 Å². The van der Waals surface area contributed by atoms with Crippen LogP contribution in [-0.2, 0) is 14.3 Å². The largest absolute Gasteiger partial charge is 0.466 e. The number of rotatable bonds is 59. The van der Waals surface area contributed by atoms with Crippen LogP contribution < -0.4 is 5.32 Å². The van der Waals surface area contributed by atoms with Crippen LogP contribution in [0.25, 0.3) is 0 Å². The summed E-state index contributed by atoms with van der Waals surface area (Å²) in [6.07, 6.45) is 78.6. The Bertz CT molecular complexity index is 1210. The number of nitrogens with one attached hydrogen (secondary N) is 1. The number of unbranched alkanes of at least 4 members (excludes halogenated alkanes) is 42. The van der Waals surface area contributed by atoms with Crippen molar-refractivity contribution in [1.82, 2.24) is 5.32 Å². The van der Waals surface area contributed by atoms with E-state index in [0.29, 0.717) is 19.4 Å². The minimum absolute atomic E-state index is 0.0161. The van der Waals surface area contributed by atoms with Crippen LogP contribution in [0.3, 0.4) is 0 Å². The molecule has 3 N–H and O–H groups in total. The number of aliphatic hydroxyl groups excluding tert-OH is 2. The summed E-state index contributed by atoms with van der Waals surface area (Å²) in [5, 5.41) is 23.2. The van der Waals surface area contributed by atoms with Crippen molar-refractivity contribution in [3.8, 4) is 0 Å². The number of hydrogen-bond donors (Lipinski definition) is 3. The third-order valence-corrected chi connectivity index (χ3v) is 14.6. The first-order chi connectivity index (χ1) is 35.5. The average molecular weight is 1010 g/mol. The Morgan fingerprint density at radius 3 is 1.08 bits per heavy atom. The van der Waals surface area contributed by atoms with E-state index in [2.05, 4.69) is 55.6 Å². The van der Waals surface area contributed by atoms with Gasteiger partial charge in [0.1, 0.15) is 0 Å². The molecule has 0 fully saturated rings. The Balaban J connectivity index is 3.50. The van der Waals surface area contributed by atoms with Gasteiger partial charge in [0.25, 0.3) is 0 Å². The molecule has 0 saturated carbocycles. The highest BCUT2D eigenvalue weighted by Gasteiger charge is 2.18. The molecule has 0 aliphatic rings. The molecule has 0 aliphatic heterocycles. The second-order valence-electron chi connectivity index (χ2n) is 21.7. The molecule has 0 saturated heterocycles. The van der Waals surface area contributed by atoms with Gasteiger partial charge in [-0.05, 0) is 89.9 Å². The molecule has 6 heteroatoms. The van der Waals surface area contributed by atoms with Crippen LogP contribution in [0.4, 0.5) is 0 Å². The number of amides is 1. The predicted octanol–water partition coefficient (Wildman–Crippen LogP) is 20.1. The van der Waals surface area contributed by atoms with E-state index in [1.165, 1.54) is 244 Å². The zero-order valence-corrected chi connectivity index (χ0v) is 48.2. The molecule has 2 unspecified atom stereocenters. The summed E-state index contributed by atoms with van der Waals surface area (Å²) in [7, 11) is 0. The van der Waals surface area contributed by atoms with Gasteiger partial charge >= 0.3 is 5.97 Å². The van der Waals surface area contributed by atoms with Crippen molar-refractivity contribution >= 4 is 11.9 Å². The lowest BCUT2D eigenvalue weighted by molar-refractivity contribution is -0.143. The van der Waals surface area contributed by atoms with E-state index in [-0.39, 0.29) is 18.5 Å². The van der Waals surface area contributed by atoms with Crippen molar-refractivity contribution < 1.29 is 24.5 Å². The molecule has 0 aliphatic carbocycles. The van der Waals surface area contributed by atoms with E-state index in [1.54, 1.807) is 6.08 Å². The van der Waals surface area contributed by atoms with Crippen LogP contribution in [0.1, 0.15) is 335 Å². The fourth-order valence-corrected chi connectivity index (χ4v) is 9.66. The molecular formula is C66H123NO5. The van der Waals surface area contributed by atoms with Crippen molar-refractivity contribution in [1.29, 1.82) is 0 Å². The van der Waals surface area contributed by atoms with Gasteiger partial charge in [-0.1, -0.05) is 281 Å². The standard InChI is InChI=1S/C66H123NO5/c1-3-5-7-9-11-13-15-17-19-21-22-23-24-25-27-30-34-38-42-46-50-54-58-64(69)63(62-68)67-65(70)59-55-51-47-43-39-35-31-28-26-29-33-37-41-45-49-53-57-61-72-66(71)60-56-52-48-44-40-36-32-20-18-16-14-12-10-8-6-4-2/h14,16,20,26,29,32,54,58,63-64,68-69H,3-13,15,17-19,21-25,27-28,30-31,33-53,55-57,59-62H2,1-2H3,(H,67,70)/b16-14-,29-26-,32-20-,58-54+. The zero-order chi connectivity index (χ0) is 52.2. The fourth-order valence-electron chi connectivity index (χ4n) is 9.66. The fraction of sp³-hybridized carbons (Fsp3) is 0.848. The first-order valence-corrected chi connectivity index (χ1v) is 31.9. The van der Waals surface area contributed by atoms with E-state index in [1.807, 2.05) is 6.08 Å². The SMILES string of the molecule is CCCCCC/C=C\C/C=C\CCCCCCCC(=O)OCCCCCCCC/C=C\CCCCCCCCCC(=O)NC(CO)C(O)/C=C/CCCCCCCCCCCCCCCCCCCCCC. The predicted molar refractivity (Wildman–Crippen MR) is 315 cm³/mol. The van der Waals surface area contributed by atoms with Gasteiger partial charge in [0.2, 0.25) is 5.91 Å². The topological polar surface area (TPSA) is 95.9 Å². The Labute approximate surface area is 448 Å². The van der Waals surface area contributed by atoms with E-state index in [0.717, 1.165) is 64.2 Å². The smallest absolute Gasteiger partial charge is 0.305 e. The van der Waals surface area contributed by atoms with Gasteiger partial charge < -0.3 is 20.3 Å². The quantitative estimate of drug-likeness (QED) is 0.0320. The number of carbonyl (C=O) groups excluding carboxylic acids is 2. The summed E-state index contributed by atoms with van der Waals surface area (Å²) in [5.41, 5.74) is 0. The van der Waals surface area contributed by atoms with Gasteiger partial charge in [-0.25, -0.2) is 0 Å². The van der Waals surface area contributed by atoms with Crippen molar-refractivity contribution in [2.24, 2.45) is 0 Å². The van der Waals surface area contributed by atoms with Gasteiger partial charge in [-0.3, -0.25) is 9.59 Å². The molecule has 0 aromatic rings. The van der Waals surface area contributed by atoms with Crippen molar-refractivity contribution in [2.75, 3.05) is 13.2 Å².